The van der Waals surface area contributed by atoms with E-state index >= 15 is 0 Å². The van der Waals surface area contributed by atoms with Crippen LogP contribution in [0.2, 0.25) is 0 Å². The van der Waals surface area contributed by atoms with Gasteiger partial charge in [-0.15, -0.1) is 0 Å². The summed E-state index contributed by atoms with van der Waals surface area (Å²) in [7, 11) is 0. The molecule has 0 aliphatic carbocycles. The number of anilines is 2. The maximum atomic E-state index is 11.5. The first-order valence-corrected chi connectivity index (χ1v) is 6.34. The van der Waals surface area contributed by atoms with Crippen molar-refractivity contribution in [3.8, 4) is 0 Å². The van der Waals surface area contributed by atoms with Gasteiger partial charge in [0.05, 0.1) is 16.8 Å². The van der Waals surface area contributed by atoms with Crippen LogP contribution in [0.25, 0.3) is 0 Å². The molecule has 5 nitrogen and oxygen atoms in total. The minimum atomic E-state index is -1.09. The largest absolute Gasteiger partial charge is 0.478 e. The van der Waals surface area contributed by atoms with Crippen LogP contribution in [0.1, 0.15) is 31.8 Å². The number of benzene rings is 2. The van der Waals surface area contributed by atoms with Gasteiger partial charge in [0, 0.05) is 5.69 Å². The van der Waals surface area contributed by atoms with E-state index in [0.29, 0.717) is 22.5 Å². The predicted octanol–water partition coefficient (Wildman–Crippen LogP) is 3.44. The lowest BCUT2D eigenvalue weighted by Gasteiger charge is -2.17. The first kappa shape index (κ1) is 14.6. The second kappa shape index (κ2) is 5.66. The third kappa shape index (κ3) is 2.86. The van der Waals surface area contributed by atoms with Gasteiger partial charge in [-0.3, -0.25) is 0 Å². The standard InChI is InChI=1S/C16H15NO4/c1-9-8-12(15(18)19)10(2)14(13(9)16(20)21)17-11-6-4-3-5-7-11/h3-8,17H,1-2H3,(H,18,19)(H,20,21). The molecule has 2 aromatic rings. The van der Waals surface area contributed by atoms with E-state index in [-0.39, 0.29) is 11.1 Å². The van der Waals surface area contributed by atoms with Gasteiger partial charge in [-0.2, -0.15) is 0 Å². The lowest BCUT2D eigenvalue weighted by Crippen LogP contribution is -2.11. The van der Waals surface area contributed by atoms with Crippen LogP contribution in [0.4, 0.5) is 11.4 Å². The van der Waals surface area contributed by atoms with Crippen molar-refractivity contribution in [2.75, 3.05) is 5.32 Å². The molecular formula is C16H15NO4. The third-order valence-corrected chi connectivity index (χ3v) is 3.27. The van der Waals surface area contributed by atoms with Crippen molar-refractivity contribution in [3.63, 3.8) is 0 Å². The average Bonchev–Trinajstić information content (AvgIpc) is 2.43. The van der Waals surface area contributed by atoms with E-state index in [0.717, 1.165) is 0 Å². The fourth-order valence-corrected chi connectivity index (χ4v) is 2.24. The summed E-state index contributed by atoms with van der Waals surface area (Å²) in [4.78, 5) is 22.8. The van der Waals surface area contributed by atoms with Crippen molar-refractivity contribution in [3.05, 3.63) is 58.7 Å². The minimum Gasteiger partial charge on any atom is -0.478 e. The molecule has 0 heterocycles. The van der Waals surface area contributed by atoms with E-state index in [9.17, 15) is 19.8 Å². The quantitative estimate of drug-likeness (QED) is 0.801. The van der Waals surface area contributed by atoms with Crippen molar-refractivity contribution in [1.82, 2.24) is 0 Å². The zero-order valence-corrected chi connectivity index (χ0v) is 11.7. The lowest BCUT2D eigenvalue weighted by atomic mass is 9.96. The zero-order valence-electron chi connectivity index (χ0n) is 11.7. The first-order valence-electron chi connectivity index (χ1n) is 6.34. The molecule has 3 N–H and O–H groups in total. The summed E-state index contributed by atoms with van der Waals surface area (Å²) in [5, 5.41) is 21.6. The van der Waals surface area contributed by atoms with Crippen LogP contribution < -0.4 is 5.32 Å². The summed E-state index contributed by atoms with van der Waals surface area (Å²) in [5.74, 6) is -2.17. The molecule has 108 valence electrons. The highest BCUT2D eigenvalue weighted by Crippen LogP contribution is 2.30. The molecule has 5 heteroatoms. The Morgan fingerprint density at radius 3 is 2.14 bits per heavy atom. The Morgan fingerprint density at radius 2 is 1.62 bits per heavy atom. The number of hydrogen-bond acceptors (Lipinski definition) is 3. The van der Waals surface area contributed by atoms with E-state index in [1.54, 1.807) is 26.0 Å². The smallest absolute Gasteiger partial charge is 0.338 e. The van der Waals surface area contributed by atoms with Crippen LogP contribution >= 0.6 is 0 Å². The molecule has 0 aliphatic rings. The summed E-state index contributed by atoms with van der Waals surface area (Å²) in [6, 6.07) is 10.4. The number of aromatic carboxylic acids is 2. The molecular weight excluding hydrogens is 270 g/mol. The Labute approximate surface area is 121 Å². The van der Waals surface area contributed by atoms with Crippen molar-refractivity contribution in [1.29, 1.82) is 0 Å². The van der Waals surface area contributed by atoms with Gasteiger partial charge in [-0.1, -0.05) is 18.2 Å². The Kier molecular flexibility index (Phi) is 3.93. The van der Waals surface area contributed by atoms with E-state index in [1.165, 1.54) is 6.07 Å². The summed E-state index contributed by atoms with van der Waals surface area (Å²) in [5.41, 5.74) is 1.99. The van der Waals surface area contributed by atoms with Gasteiger partial charge >= 0.3 is 11.9 Å². The van der Waals surface area contributed by atoms with Gasteiger partial charge in [0.2, 0.25) is 0 Å². The normalized spacial score (nSPS) is 10.2. The second-order valence-electron chi connectivity index (χ2n) is 4.72. The summed E-state index contributed by atoms with van der Waals surface area (Å²) in [6.45, 7) is 3.19. The molecule has 2 rings (SSSR count). The van der Waals surface area contributed by atoms with Crippen LogP contribution in [-0.4, -0.2) is 22.2 Å². The van der Waals surface area contributed by atoms with Crippen LogP contribution in [0.15, 0.2) is 36.4 Å². The summed E-state index contributed by atoms with van der Waals surface area (Å²) >= 11 is 0. The van der Waals surface area contributed by atoms with Crippen LogP contribution in [0.3, 0.4) is 0 Å². The average molecular weight is 285 g/mol. The van der Waals surface area contributed by atoms with E-state index in [2.05, 4.69) is 5.32 Å². The van der Waals surface area contributed by atoms with E-state index in [1.807, 2.05) is 18.2 Å². The topological polar surface area (TPSA) is 86.6 Å². The number of para-hydroxylation sites is 1. The number of carboxylic acid groups (broad SMARTS) is 2. The second-order valence-corrected chi connectivity index (χ2v) is 4.72. The molecule has 0 amide bonds. The number of rotatable bonds is 4. The molecule has 0 aliphatic heterocycles. The number of carbonyl (C=O) groups is 2. The van der Waals surface area contributed by atoms with Crippen molar-refractivity contribution in [2.45, 2.75) is 13.8 Å². The molecule has 0 bridgehead atoms. The Balaban J connectivity index is 2.65. The van der Waals surface area contributed by atoms with Gasteiger partial charge in [-0.25, -0.2) is 9.59 Å². The molecule has 0 fully saturated rings. The summed E-state index contributed by atoms with van der Waals surface area (Å²) in [6.07, 6.45) is 0. The third-order valence-electron chi connectivity index (χ3n) is 3.27. The SMILES string of the molecule is Cc1cc(C(=O)O)c(C)c(Nc2ccccc2)c1C(=O)O. The molecule has 0 unspecified atom stereocenters. The molecule has 0 saturated carbocycles. The number of carboxylic acids is 2. The van der Waals surface area contributed by atoms with Gasteiger partial charge in [0.1, 0.15) is 0 Å². The predicted molar refractivity (Wildman–Crippen MR) is 79.6 cm³/mol. The number of nitrogens with one attached hydrogen (secondary N) is 1. The highest BCUT2D eigenvalue weighted by atomic mass is 16.4. The molecule has 0 radical (unpaired) electrons. The highest BCUT2D eigenvalue weighted by molar-refractivity contribution is 6.01. The Bertz CT molecular complexity index is 708. The van der Waals surface area contributed by atoms with Gasteiger partial charge in [0.25, 0.3) is 0 Å². The molecule has 2 aromatic carbocycles. The van der Waals surface area contributed by atoms with E-state index in [4.69, 9.17) is 0 Å². The summed E-state index contributed by atoms with van der Waals surface area (Å²) < 4.78 is 0. The van der Waals surface area contributed by atoms with Crippen LogP contribution in [0.5, 0.6) is 0 Å². The van der Waals surface area contributed by atoms with Gasteiger partial charge in [-0.05, 0) is 43.2 Å². The zero-order chi connectivity index (χ0) is 15.6. The fraction of sp³-hybridized carbons (Fsp3) is 0.125. The Hall–Kier alpha value is -2.82. The Morgan fingerprint density at radius 1 is 1.00 bits per heavy atom. The van der Waals surface area contributed by atoms with Crippen molar-refractivity contribution < 1.29 is 19.8 Å². The van der Waals surface area contributed by atoms with Crippen LogP contribution in [-0.2, 0) is 0 Å². The monoisotopic (exact) mass is 285 g/mol. The minimum absolute atomic E-state index is 0.0846. The molecule has 0 aromatic heterocycles. The number of hydrogen-bond donors (Lipinski definition) is 3. The fourth-order valence-electron chi connectivity index (χ4n) is 2.24. The lowest BCUT2D eigenvalue weighted by molar-refractivity contribution is 0.0680. The van der Waals surface area contributed by atoms with Gasteiger partial charge in [0.15, 0.2) is 0 Å². The van der Waals surface area contributed by atoms with E-state index < -0.39 is 11.9 Å². The number of aryl methyl sites for hydroxylation is 1. The van der Waals surface area contributed by atoms with Crippen LogP contribution in [0, 0.1) is 13.8 Å². The molecule has 0 saturated heterocycles. The van der Waals surface area contributed by atoms with Crippen molar-refractivity contribution >= 4 is 23.3 Å². The first-order chi connectivity index (χ1) is 9.91. The molecule has 21 heavy (non-hydrogen) atoms. The maximum Gasteiger partial charge on any atom is 0.338 e. The highest BCUT2D eigenvalue weighted by Gasteiger charge is 2.21. The molecule has 0 atom stereocenters. The molecule has 0 spiro atoms. The van der Waals surface area contributed by atoms with Crippen molar-refractivity contribution in [2.24, 2.45) is 0 Å². The van der Waals surface area contributed by atoms with Gasteiger partial charge < -0.3 is 15.5 Å². The maximum absolute atomic E-state index is 11.5.